The highest BCUT2D eigenvalue weighted by Crippen LogP contribution is 2.48. The van der Waals surface area contributed by atoms with Crippen molar-refractivity contribution in [3.05, 3.63) is 22.7 Å². The highest BCUT2D eigenvalue weighted by molar-refractivity contribution is 6.32. The number of hydrogen-bond donors (Lipinski definition) is 0. The number of esters is 1. The minimum absolute atomic E-state index is 0.0549. The van der Waals surface area contributed by atoms with Gasteiger partial charge in [-0.2, -0.15) is 0 Å². The van der Waals surface area contributed by atoms with Crippen molar-refractivity contribution in [2.75, 3.05) is 21.3 Å². The van der Waals surface area contributed by atoms with Gasteiger partial charge in [-0.3, -0.25) is 4.79 Å². The topological polar surface area (TPSA) is 44.8 Å². The molecule has 1 fully saturated rings. The largest absolute Gasteiger partial charge is 0.496 e. The molecule has 0 N–H and O–H groups in total. The van der Waals surface area contributed by atoms with E-state index in [-0.39, 0.29) is 11.9 Å². The Morgan fingerprint density at radius 1 is 1.27 bits per heavy atom. The van der Waals surface area contributed by atoms with E-state index in [1.165, 1.54) is 7.11 Å². The van der Waals surface area contributed by atoms with Crippen LogP contribution in [0.2, 0.25) is 5.02 Å². The quantitative estimate of drug-likeness (QED) is 0.709. The zero-order valence-corrected chi connectivity index (χ0v) is 14.3. The molecule has 0 heterocycles. The lowest BCUT2D eigenvalue weighted by atomic mass is 9.89. The lowest BCUT2D eigenvalue weighted by Crippen LogP contribution is -2.07. The van der Waals surface area contributed by atoms with Crippen molar-refractivity contribution in [1.29, 1.82) is 0 Å². The molecule has 0 amide bonds. The Bertz CT molecular complexity index is 544. The van der Waals surface area contributed by atoms with Gasteiger partial charge in [-0.15, -0.1) is 0 Å². The average Bonchev–Trinajstić information content (AvgIpc) is 3.31. The molecular weight excluding hydrogens is 304 g/mol. The van der Waals surface area contributed by atoms with Crippen molar-refractivity contribution < 1.29 is 19.0 Å². The number of carbonyl (C=O) groups is 1. The summed E-state index contributed by atoms with van der Waals surface area (Å²) in [6, 6.07) is 3.74. The third kappa shape index (κ3) is 3.49. The Kier molecular flexibility index (Phi) is 5.57. The molecule has 0 aromatic heterocycles. The molecule has 0 radical (unpaired) electrons. The Labute approximate surface area is 136 Å². The lowest BCUT2D eigenvalue weighted by Gasteiger charge is -2.20. The molecular formula is C17H23ClO4. The van der Waals surface area contributed by atoms with Gasteiger partial charge in [0.05, 0.1) is 32.3 Å². The monoisotopic (exact) mass is 326 g/mol. The maximum Gasteiger partial charge on any atom is 0.308 e. The Balaban J connectivity index is 2.19. The summed E-state index contributed by atoms with van der Waals surface area (Å²) in [5.41, 5.74) is 1.08. The van der Waals surface area contributed by atoms with Crippen LogP contribution in [0.4, 0.5) is 0 Å². The highest BCUT2D eigenvalue weighted by Gasteiger charge is 2.44. The van der Waals surface area contributed by atoms with Crippen LogP contribution in [0.1, 0.15) is 37.7 Å². The molecule has 0 aliphatic heterocycles. The molecule has 5 heteroatoms. The third-order valence-electron chi connectivity index (χ3n) is 4.45. The molecule has 0 bridgehead atoms. The van der Waals surface area contributed by atoms with Crippen LogP contribution in [-0.2, 0) is 9.53 Å². The van der Waals surface area contributed by atoms with Gasteiger partial charge in [0, 0.05) is 11.6 Å². The van der Waals surface area contributed by atoms with E-state index in [9.17, 15) is 4.79 Å². The van der Waals surface area contributed by atoms with Crippen molar-refractivity contribution in [2.24, 2.45) is 11.8 Å². The minimum Gasteiger partial charge on any atom is -0.496 e. The number of methoxy groups -OCH3 is 3. The maximum absolute atomic E-state index is 11.6. The molecule has 4 nitrogen and oxygen atoms in total. The van der Waals surface area contributed by atoms with Gasteiger partial charge < -0.3 is 14.2 Å². The van der Waals surface area contributed by atoms with Crippen LogP contribution in [-0.4, -0.2) is 27.3 Å². The van der Waals surface area contributed by atoms with Crippen LogP contribution < -0.4 is 9.47 Å². The SMILES string of the molecule is CCC(CC1CC1C(=O)OC)c1cc(OC)c(Cl)cc1OC. The predicted octanol–water partition coefficient (Wildman–Crippen LogP) is 4.05. The molecule has 1 aliphatic rings. The van der Waals surface area contributed by atoms with E-state index in [1.54, 1.807) is 20.3 Å². The summed E-state index contributed by atoms with van der Waals surface area (Å²) < 4.78 is 15.6. The summed E-state index contributed by atoms with van der Waals surface area (Å²) in [6.45, 7) is 2.14. The number of halogens is 1. The van der Waals surface area contributed by atoms with Crippen molar-refractivity contribution in [3.63, 3.8) is 0 Å². The fourth-order valence-corrected chi connectivity index (χ4v) is 3.26. The van der Waals surface area contributed by atoms with Crippen molar-refractivity contribution >= 4 is 17.6 Å². The first-order valence-corrected chi connectivity index (χ1v) is 7.92. The number of ether oxygens (including phenoxy) is 3. The van der Waals surface area contributed by atoms with Crippen molar-refractivity contribution in [1.82, 2.24) is 0 Å². The molecule has 122 valence electrons. The normalized spacial score (nSPS) is 21.1. The molecule has 1 aromatic carbocycles. The second-order valence-electron chi connectivity index (χ2n) is 5.70. The average molecular weight is 327 g/mol. The number of carbonyl (C=O) groups excluding carboxylic acids is 1. The number of benzene rings is 1. The molecule has 22 heavy (non-hydrogen) atoms. The second-order valence-corrected chi connectivity index (χ2v) is 6.10. The molecule has 1 aliphatic carbocycles. The predicted molar refractivity (Wildman–Crippen MR) is 85.8 cm³/mol. The van der Waals surface area contributed by atoms with E-state index in [0.717, 1.165) is 30.6 Å². The molecule has 3 atom stereocenters. The fourth-order valence-electron chi connectivity index (χ4n) is 3.03. The summed E-state index contributed by atoms with van der Waals surface area (Å²) in [5.74, 6) is 2.08. The van der Waals surface area contributed by atoms with Crippen LogP contribution in [0.3, 0.4) is 0 Å². The fraction of sp³-hybridized carbons (Fsp3) is 0.588. The van der Waals surface area contributed by atoms with Gasteiger partial charge in [0.1, 0.15) is 11.5 Å². The van der Waals surface area contributed by atoms with Crippen molar-refractivity contribution in [3.8, 4) is 11.5 Å². The van der Waals surface area contributed by atoms with Crippen LogP contribution in [0.5, 0.6) is 11.5 Å². The zero-order valence-electron chi connectivity index (χ0n) is 13.5. The Morgan fingerprint density at radius 2 is 1.95 bits per heavy atom. The van der Waals surface area contributed by atoms with Gasteiger partial charge in [-0.1, -0.05) is 18.5 Å². The van der Waals surface area contributed by atoms with E-state index in [1.807, 2.05) is 6.07 Å². The van der Waals surface area contributed by atoms with Gasteiger partial charge >= 0.3 is 5.97 Å². The standard InChI is InChI=1S/C17H23ClO4/c1-5-10(6-11-7-13(11)17(19)22-4)12-8-16(21-3)14(18)9-15(12)20-2/h8-11,13H,5-7H2,1-4H3. The Hall–Kier alpha value is -1.42. The zero-order chi connectivity index (χ0) is 16.3. The molecule has 1 saturated carbocycles. The Morgan fingerprint density at radius 3 is 2.50 bits per heavy atom. The first-order valence-electron chi connectivity index (χ1n) is 7.54. The second kappa shape index (κ2) is 7.23. The minimum atomic E-state index is -0.0968. The molecule has 0 spiro atoms. The van der Waals surface area contributed by atoms with Crippen LogP contribution in [0.25, 0.3) is 0 Å². The van der Waals surface area contributed by atoms with E-state index >= 15 is 0 Å². The van der Waals surface area contributed by atoms with Gasteiger partial charge in [-0.05, 0) is 37.2 Å². The van der Waals surface area contributed by atoms with Gasteiger partial charge in [-0.25, -0.2) is 0 Å². The van der Waals surface area contributed by atoms with Crippen LogP contribution in [0, 0.1) is 11.8 Å². The molecule has 3 unspecified atom stereocenters. The van der Waals surface area contributed by atoms with E-state index in [4.69, 9.17) is 25.8 Å². The maximum atomic E-state index is 11.6. The molecule has 0 saturated heterocycles. The lowest BCUT2D eigenvalue weighted by molar-refractivity contribution is -0.142. The highest BCUT2D eigenvalue weighted by atomic mass is 35.5. The van der Waals surface area contributed by atoms with Crippen LogP contribution >= 0.6 is 11.6 Å². The summed E-state index contributed by atoms with van der Waals surface area (Å²) >= 11 is 6.16. The first kappa shape index (κ1) is 16.9. The molecule has 1 aromatic rings. The van der Waals surface area contributed by atoms with E-state index in [2.05, 4.69) is 6.92 Å². The van der Waals surface area contributed by atoms with E-state index in [0.29, 0.717) is 22.6 Å². The van der Waals surface area contributed by atoms with Gasteiger partial charge in [0.15, 0.2) is 0 Å². The van der Waals surface area contributed by atoms with Gasteiger partial charge in [0.25, 0.3) is 0 Å². The third-order valence-corrected chi connectivity index (χ3v) is 4.75. The van der Waals surface area contributed by atoms with Gasteiger partial charge in [0.2, 0.25) is 0 Å². The van der Waals surface area contributed by atoms with Crippen molar-refractivity contribution in [2.45, 2.75) is 32.1 Å². The summed E-state index contributed by atoms with van der Waals surface area (Å²) in [6.07, 6.45) is 2.82. The van der Waals surface area contributed by atoms with Crippen LogP contribution in [0.15, 0.2) is 12.1 Å². The molecule has 2 rings (SSSR count). The first-order chi connectivity index (χ1) is 10.5. The summed E-state index contributed by atoms with van der Waals surface area (Å²) in [4.78, 5) is 11.6. The summed E-state index contributed by atoms with van der Waals surface area (Å²) in [5, 5.41) is 0.539. The number of rotatable bonds is 7. The number of hydrogen-bond acceptors (Lipinski definition) is 4. The summed E-state index contributed by atoms with van der Waals surface area (Å²) in [7, 11) is 4.69. The smallest absolute Gasteiger partial charge is 0.308 e. The van der Waals surface area contributed by atoms with E-state index < -0.39 is 0 Å².